The van der Waals surface area contributed by atoms with Crippen molar-refractivity contribution in [3.05, 3.63) is 59.3 Å². The monoisotopic (exact) mass is 604 g/mol. The molecule has 0 aliphatic carbocycles. The van der Waals surface area contributed by atoms with E-state index >= 15 is 0 Å². The van der Waals surface area contributed by atoms with E-state index in [1.165, 1.54) is 25.0 Å². The van der Waals surface area contributed by atoms with E-state index in [2.05, 4.69) is 15.2 Å². The summed E-state index contributed by atoms with van der Waals surface area (Å²) in [6, 6.07) is 7.86. The van der Waals surface area contributed by atoms with Gasteiger partial charge in [-0.05, 0) is 33.8 Å². The van der Waals surface area contributed by atoms with E-state index in [1.54, 1.807) is 46.2 Å². The van der Waals surface area contributed by atoms with Gasteiger partial charge in [-0.1, -0.05) is 0 Å². The van der Waals surface area contributed by atoms with Gasteiger partial charge < -0.3 is 29.6 Å². The van der Waals surface area contributed by atoms with Crippen molar-refractivity contribution in [2.75, 3.05) is 33.1 Å². The second kappa shape index (κ2) is 12.3. The second-order valence-corrected chi connectivity index (χ2v) is 11.4. The number of hydrogen-bond acceptors (Lipinski definition) is 11. The molecule has 1 amide bonds. The predicted octanol–water partition coefficient (Wildman–Crippen LogP) is 3.18. The molecule has 44 heavy (non-hydrogen) atoms. The van der Waals surface area contributed by atoms with Gasteiger partial charge in [0.05, 0.1) is 69.8 Å². The van der Waals surface area contributed by atoms with Crippen LogP contribution in [0.4, 0.5) is 10.6 Å². The van der Waals surface area contributed by atoms with Crippen molar-refractivity contribution >= 4 is 11.9 Å². The molecule has 1 aliphatic heterocycles. The van der Waals surface area contributed by atoms with Crippen LogP contribution in [0.1, 0.15) is 27.7 Å². The maximum atomic E-state index is 12.8. The van der Waals surface area contributed by atoms with Crippen LogP contribution in [0.2, 0.25) is 0 Å². The van der Waals surface area contributed by atoms with Crippen molar-refractivity contribution in [2.45, 2.75) is 52.0 Å². The third-order valence-corrected chi connectivity index (χ3v) is 6.88. The maximum Gasteiger partial charge on any atom is 0.410 e. The second-order valence-electron chi connectivity index (χ2n) is 11.4. The van der Waals surface area contributed by atoms with Crippen molar-refractivity contribution in [1.82, 2.24) is 34.4 Å². The molecule has 0 radical (unpaired) electrons. The van der Waals surface area contributed by atoms with E-state index in [0.29, 0.717) is 59.5 Å². The molecule has 4 heterocycles. The molecule has 5 rings (SSSR count). The summed E-state index contributed by atoms with van der Waals surface area (Å²) in [4.78, 5) is 36.2. The highest BCUT2D eigenvalue weighted by Crippen LogP contribution is 2.27. The van der Waals surface area contributed by atoms with Crippen molar-refractivity contribution in [2.24, 2.45) is 0 Å². The van der Waals surface area contributed by atoms with Gasteiger partial charge in [0.25, 0.3) is 5.56 Å². The lowest BCUT2D eigenvalue weighted by atomic mass is 10.2. The Bertz CT molecular complexity index is 1690. The lowest BCUT2D eigenvalue weighted by Crippen LogP contribution is -2.53. The van der Waals surface area contributed by atoms with Crippen LogP contribution in [-0.4, -0.2) is 85.6 Å². The smallest absolute Gasteiger partial charge is 0.410 e. The highest BCUT2D eigenvalue weighted by Gasteiger charge is 2.33. The Hall–Kier alpha value is -4.98. The molecule has 1 fully saturated rings. The minimum atomic E-state index is -0.587. The standard InChI is InChI=1S/C30H36N8O6/c1-18-17-43-23(16-37(18)29(40)44-30(2,3)4)15-36-14-19(12-33-36)25-13-32-28(31)27(34-25)24-7-8-26(39)38(35-24)20-9-21(41-5)11-22(10-20)42-6/h7-14,18,23H,15-17H2,1-6H3,(H2,31,32)/t18-,23-/m1/s1. The van der Waals surface area contributed by atoms with Crippen LogP contribution in [-0.2, 0) is 16.0 Å². The minimum absolute atomic E-state index is 0.105. The summed E-state index contributed by atoms with van der Waals surface area (Å²) < 4.78 is 25.2. The topological polar surface area (TPSA) is 162 Å². The fourth-order valence-corrected chi connectivity index (χ4v) is 4.67. The number of aromatic nitrogens is 6. The Kier molecular flexibility index (Phi) is 8.54. The number of nitrogens with zero attached hydrogens (tertiary/aromatic N) is 7. The normalized spacial score (nSPS) is 16.9. The van der Waals surface area contributed by atoms with Crippen LogP contribution >= 0.6 is 0 Å². The molecule has 3 aromatic heterocycles. The van der Waals surface area contributed by atoms with Crippen molar-refractivity contribution in [1.29, 1.82) is 0 Å². The minimum Gasteiger partial charge on any atom is -0.497 e. The number of rotatable bonds is 7. The lowest BCUT2D eigenvalue weighted by molar-refractivity contribution is -0.0711. The molecule has 232 valence electrons. The first-order valence-electron chi connectivity index (χ1n) is 14.0. The number of amides is 1. The number of benzene rings is 1. The summed E-state index contributed by atoms with van der Waals surface area (Å²) in [6.07, 6.45) is 4.39. The zero-order valence-electron chi connectivity index (χ0n) is 25.6. The average Bonchev–Trinajstić information content (AvgIpc) is 3.46. The molecule has 1 aromatic carbocycles. The summed E-state index contributed by atoms with van der Waals surface area (Å²) in [5, 5.41) is 9.00. The maximum absolute atomic E-state index is 12.8. The number of morpholine rings is 1. The van der Waals surface area contributed by atoms with Crippen LogP contribution in [0.3, 0.4) is 0 Å². The van der Waals surface area contributed by atoms with Crippen LogP contribution < -0.4 is 20.8 Å². The Balaban J connectivity index is 1.37. The van der Waals surface area contributed by atoms with Gasteiger partial charge in [-0.3, -0.25) is 9.48 Å². The van der Waals surface area contributed by atoms with E-state index in [4.69, 9.17) is 29.7 Å². The number of carbonyl (C=O) groups excluding carboxylic acids is 1. The first kappa shape index (κ1) is 30.5. The SMILES string of the molecule is COc1cc(OC)cc(-n2nc(-c3nc(-c4cnn(C[C@@H]5CN(C(=O)OC(C)(C)C)[C@H](C)CO5)c4)cnc3N)ccc2=O)c1. The molecule has 0 unspecified atom stereocenters. The zero-order chi connectivity index (χ0) is 31.6. The van der Waals surface area contributed by atoms with Crippen LogP contribution in [0, 0.1) is 0 Å². The molecular formula is C30H36N8O6. The Labute approximate surface area is 254 Å². The first-order valence-corrected chi connectivity index (χ1v) is 14.0. The van der Waals surface area contributed by atoms with E-state index < -0.39 is 5.60 Å². The summed E-state index contributed by atoms with van der Waals surface area (Å²) in [5.74, 6) is 1.15. The molecule has 1 aliphatic rings. The first-order chi connectivity index (χ1) is 20.9. The molecular weight excluding hydrogens is 568 g/mol. The van der Waals surface area contributed by atoms with Crippen molar-refractivity contribution < 1.29 is 23.7 Å². The van der Waals surface area contributed by atoms with Gasteiger partial charge in [-0.15, -0.1) is 0 Å². The van der Waals surface area contributed by atoms with Gasteiger partial charge in [0.2, 0.25) is 0 Å². The fourth-order valence-electron chi connectivity index (χ4n) is 4.67. The van der Waals surface area contributed by atoms with Crippen molar-refractivity contribution in [3.63, 3.8) is 0 Å². The molecule has 0 saturated carbocycles. The third kappa shape index (κ3) is 6.80. The summed E-state index contributed by atoms with van der Waals surface area (Å²) in [7, 11) is 3.05. The average molecular weight is 605 g/mol. The summed E-state index contributed by atoms with van der Waals surface area (Å²) in [5.41, 5.74) is 7.56. The number of ether oxygens (including phenoxy) is 4. The van der Waals surface area contributed by atoms with Crippen LogP contribution in [0.5, 0.6) is 11.5 Å². The predicted molar refractivity (Wildman–Crippen MR) is 162 cm³/mol. The van der Waals surface area contributed by atoms with Gasteiger partial charge in [0, 0.05) is 36.0 Å². The molecule has 4 aromatic rings. The Morgan fingerprint density at radius 2 is 1.82 bits per heavy atom. The molecule has 14 nitrogen and oxygen atoms in total. The highest BCUT2D eigenvalue weighted by atomic mass is 16.6. The Morgan fingerprint density at radius 3 is 2.50 bits per heavy atom. The van der Waals surface area contributed by atoms with E-state index in [1.807, 2.05) is 33.9 Å². The number of anilines is 1. The van der Waals surface area contributed by atoms with E-state index in [0.717, 1.165) is 0 Å². The number of methoxy groups -OCH3 is 2. The van der Waals surface area contributed by atoms with Gasteiger partial charge in [-0.25, -0.2) is 14.8 Å². The fraction of sp³-hybridized carbons (Fsp3) is 0.400. The zero-order valence-corrected chi connectivity index (χ0v) is 25.6. The van der Waals surface area contributed by atoms with Gasteiger partial charge in [0.15, 0.2) is 5.82 Å². The molecule has 0 bridgehead atoms. The quantitative estimate of drug-likeness (QED) is 0.330. The van der Waals surface area contributed by atoms with Gasteiger partial charge >= 0.3 is 6.09 Å². The van der Waals surface area contributed by atoms with E-state index in [-0.39, 0.29) is 29.6 Å². The van der Waals surface area contributed by atoms with Crippen LogP contribution in [0.15, 0.2) is 53.7 Å². The molecule has 1 saturated heterocycles. The highest BCUT2D eigenvalue weighted by molar-refractivity contribution is 5.70. The third-order valence-electron chi connectivity index (χ3n) is 6.88. The number of hydrogen-bond donors (Lipinski definition) is 1. The molecule has 2 atom stereocenters. The number of nitrogen functional groups attached to an aromatic ring is 1. The summed E-state index contributed by atoms with van der Waals surface area (Å²) >= 11 is 0. The molecule has 14 heteroatoms. The largest absolute Gasteiger partial charge is 0.497 e. The number of carbonyl (C=O) groups is 1. The van der Waals surface area contributed by atoms with Gasteiger partial charge in [-0.2, -0.15) is 14.9 Å². The van der Waals surface area contributed by atoms with E-state index in [9.17, 15) is 9.59 Å². The molecule has 0 spiro atoms. The number of nitrogens with two attached hydrogens (primary N) is 1. The Morgan fingerprint density at radius 1 is 1.09 bits per heavy atom. The van der Waals surface area contributed by atoms with Gasteiger partial charge in [0.1, 0.15) is 28.5 Å². The summed E-state index contributed by atoms with van der Waals surface area (Å²) in [6.45, 7) is 8.63. The van der Waals surface area contributed by atoms with Crippen LogP contribution in [0.25, 0.3) is 28.3 Å². The van der Waals surface area contributed by atoms with Crippen molar-refractivity contribution in [3.8, 4) is 39.8 Å². The lowest BCUT2D eigenvalue weighted by Gasteiger charge is -2.38. The molecule has 2 N–H and O–H groups in total.